The van der Waals surface area contributed by atoms with Crippen LogP contribution in [0.2, 0.25) is 5.02 Å². The van der Waals surface area contributed by atoms with Gasteiger partial charge < -0.3 is 9.80 Å². The van der Waals surface area contributed by atoms with E-state index in [4.69, 9.17) is 11.6 Å². The average Bonchev–Trinajstić information content (AvgIpc) is 2.64. The molecule has 138 valence electrons. The standard InChI is InChI=1S/C21H24ClFN2O/c1-15(2)20(16-3-5-17(22)6-4-16)21(26)25-13-11-24(12-14-25)19-9-7-18(23)8-10-19/h3-10,15,20H,11-14H2,1-2H3/t20-/m0/s1. The highest BCUT2D eigenvalue weighted by molar-refractivity contribution is 6.30. The van der Waals surface area contributed by atoms with E-state index in [1.165, 1.54) is 12.1 Å². The van der Waals surface area contributed by atoms with Crippen LogP contribution >= 0.6 is 11.6 Å². The number of hydrogen-bond acceptors (Lipinski definition) is 2. The zero-order valence-electron chi connectivity index (χ0n) is 15.2. The third-order valence-corrected chi connectivity index (χ3v) is 5.20. The molecule has 3 rings (SSSR count). The van der Waals surface area contributed by atoms with E-state index in [-0.39, 0.29) is 23.6 Å². The molecule has 2 aromatic rings. The van der Waals surface area contributed by atoms with E-state index in [2.05, 4.69) is 18.7 Å². The van der Waals surface area contributed by atoms with Crippen molar-refractivity contribution in [1.29, 1.82) is 0 Å². The summed E-state index contributed by atoms with van der Waals surface area (Å²) in [5.74, 6) is -0.0187. The summed E-state index contributed by atoms with van der Waals surface area (Å²) in [5.41, 5.74) is 2.01. The molecule has 3 nitrogen and oxygen atoms in total. The predicted octanol–water partition coefficient (Wildman–Crippen LogP) is 4.57. The van der Waals surface area contributed by atoms with Gasteiger partial charge in [0, 0.05) is 36.9 Å². The molecular formula is C21H24ClFN2O. The van der Waals surface area contributed by atoms with Crippen LogP contribution in [0.3, 0.4) is 0 Å². The van der Waals surface area contributed by atoms with Gasteiger partial charge in [0.05, 0.1) is 5.92 Å². The first-order valence-electron chi connectivity index (χ1n) is 9.00. The zero-order valence-corrected chi connectivity index (χ0v) is 15.9. The minimum atomic E-state index is -0.231. The summed E-state index contributed by atoms with van der Waals surface area (Å²) in [6.07, 6.45) is 0. The van der Waals surface area contributed by atoms with Crippen LogP contribution in [0.1, 0.15) is 25.3 Å². The number of hydrogen-bond donors (Lipinski definition) is 0. The molecule has 26 heavy (non-hydrogen) atoms. The summed E-state index contributed by atoms with van der Waals surface area (Å²) in [6.45, 7) is 7.00. The van der Waals surface area contributed by atoms with Crippen molar-refractivity contribution in [2.24, 2.45) is 5.92 Å². The fourth-order valence-electron chi connectivity index (χ4n) is 3.52. The molecule has 0 aromatic heterocycles. The Morgan fingerprint density at radius 3 is 2.08 bits per heavy atom. The number of anilines is 1. The van der Waals surface area contributed by atoms with E-state index in [1.54, 1.807) is 12.1 Å². The summed E-state index contributed by atoms with van der Waals surface area (Å²) in [4.78, 5) is 17.3. The van der Waals surface area contributed by atoms with Gasteiger partial charge in [-0.05, 0) is 47.9 Å². The van der Waals surface area contributed by atoms with Crippen molar-refractivity contribution >= 4 is 23.2 Å². The molecule has 1 fully saturated rings. The molecular weight excluding hydrogens is 351 g/mol. The lowest BCUT2D eigenvalue weighted by atomic mass is 9.87. The summed E-state index contributed by atoms with van der Waals surface area (Å²) in [7, 11) is 0. The molecule has 0 aliphatic carbocycles. The molecule has 1 heterocycles. The van der Waals surface area contributed by atoms with Gasteiger partial charge in [0.1, 0.15) is 5.82 Å². The number of benzene rings is 2. The maximum absolute atomic E-state index is 13.1. The Bertz CT molecular complexity index is 738. The Labute approximate surface area is 159 Å². The average molecular weight is 375 g/mol. The van der Waals surface area contributed by atoms with Crippen LogP contribution < -0.4 is 4.90 Å². The van der Waals surface area contributed by atoms with Crippen LogP contribution in [0.15, 0.2) is 48.5 Å². The SMILES string of the molecule is CC(C)[C@H](C(=O)N1CCN(c2ccc(F)cc2)CC1)c1ccc(Cl)cc1. The molecule has 1 aliphatic rings. The van der Waals surface area contributed by atoms with Crippen LogP contribution in [0.4, 0.5) is 10.1 Å². The second-order valence-corrected chi connectivity index (χ2v) is 7.50. The minimum Gasteiger partial charge on any atom is -0.368 e. The summed E-state index contributed by atoms with van der Waals surface area (Å²) in [6, 6.07) is 14.1. The molecule has 0 saturated carbocycles. The normalized spacial score (nSPS) is 16.0. The molecule has 1 aliphatic heterocycles. The lowest BCUT2D eigenvalue weighted by Gasteiger charge is -2.38. The van der Waals surface area contributed by atoms with E-state index in [0.717, 1.165) is 24.3 Å². The quantitative estimate of drug-likeness (QED) is 0.782. The van der Waals surface area contributed by atoms with Gasteiger partial charge in [-0.25, -0.2) is 4.39 Å². The van der Waals surface area contributed by atoms with Gasteiger partial charge in [-0.2, -0.15) is 0 Å². The molecule has 1 atom stereocenters. The Morgan fingerprint density at radius 2 is 1.54 bits per heavy atom. The first-order valence-corrected chi connectivity index (χ1v) is 9.38. The maximum atomic E-state index is 13.1. The molecule has 0 bridgehead atoms. The third kappa shape index (κ3) is 4.18. The first-order chi connectivity index (χ1) is 12.5. The number of piperazine rings is 1. The Morgan fingerprint density at radius 1 is 0.962 bits per heavy atom. The fraction of sp³-hybridized carbons (Fsp3) is 0.381. The van der Waals surface area contributed by atoms with Crippen molar-refractivity contribution in [3.8, 4) is 0 Å². The van der Waals surface area contributed by atoms with Crippen molar-refractivity contribution in [3.63, 3.8) is 0 Å². The van der Waals surface area contributed by atoms with E-state index in [9.17, 15) is 9.18 Å². The molecule has 2 aromatic carbocycles. The van der Waals surface area contributed by atoms with Crippen LogP contribution in [0.5, 0.6) is 0 Å². The van der Waals surface area contributed by atoms with Gasteiger partial charge in [0.2, 0.25) is 5.91 Å². The number of carbonyl (C=O) groups excluding carboxylic acids is 1. The molecule has 1 saturated heterocycles. The molecule has 0 spiro atoms. The molecule has 5 heteroatoms. The van der Waals surface area contributed by atoms with Gasteiger partial charge in [-0.1, -0.05) is 37.6 Å². The third-order valence-electron chi connectivity index (χ3n) is 4.94. The lowest BCUT2D eigenvalue weighted by molar-refractivity contribution is -0.134. The summed E-state index contributed by atoms with van der Waals surface area (Å²) in [5, 5.41) is 0.677. The van der Waals surface area contributed by atoms with Crippen molar-refractivity contribution < 1.29 is 9.18 Å². The highest BCUT2D eigenvalue weighted by Crippen LogP contribution is 2.29. The second-order valence-electron chi connectivity index (χ2n) is 7.06. The number of amides is 1. The predicted molar refractivity (Wildman–Crippen MR) is 104 cm³/mol. The number of nitrogens with zero attached hydrogens (tertiary/aromatic N) is 2. The van der Waals surface area contributed by atoms with E-state index in [0.29, 0.717) is 18.1 Å². The Kier molecular flexibility index (Phi) is 5.82. The van der Waals surface area contributed by atoms with Crippen molar-refractivity contribution in [2.45, 2.75) is 19.8 Å². The zero-order chi connectivity index (χ0) is 18.7. The largest absolute Gasteiger partial charge is 0.368 e. The van der Waals surface area contributed by atoms with Gasteiger partial charge in [0.15, 0.2) is 0 Å². The van der Waals surface area contributed by atoms with E-state index >= 15 is 0 Å². The minimum absolute atomic E-state index is 0.162. The highest BCUT2D eigenvalue weighted by Gasteiger charge is 2.30. The number of rotatable bonds is 4. The van der Waals surface area contributed by atoms with Crippen molar-refractivity contribution in [3.05, 3.63) is 64.9 Å². The second kappa shape index (κ2) is 8.09. The topological polar surface area (TPSA) is 23.6 Å². The monoisotopic (exact) mass is 374 g/mol. The molecule has 0 radical (unpaired) electrons. The summed E-state index contributed by atoms with van der Waals surface area (Å²) < 4.78 is 13.1. The van der Waals surface area contributed by atoms with Gasteiger partial charge in [-0.15, -0.1) is 0 Å². The molecule has 0 N–H and O–H groups in total. The van der Waals surface area contributed by atoms with Gasteiger partial charge >= 0.3 is 0 Å². The van der Waals surface area contributed by atoms with Crippen molar-refractivity contribution in [1.82, 2.24) is 4.90 Å². The lowest BCUT2D eigenvalue weighted by Crippen LogP contribution is -2.50. The van der Waals surface area contributed by atoms with Crippen molar-refractivity contribution in [2.75, 3.05) is 31.1 Å². The van der Waals surface area contributed by atoms with E-state index < -0.39 is 0 Å². The Balaban J connectivity index is 1.68. The van der Waals surface area contributed by atoms with Crippen LogP contribution in [0.25, 0.3) is 0 Å². The first kappa shape index (κ1) is 18.7. The number of carbonyl (C=O) groups is 1. The Hall–Kier alpha value is -2.07. The van der Waals surface area contributed by atoms with Crippen LogP contribution in [0, 0.1) is 11.7 Å². The van der Waals surface area contributed by atoms with Crippen LogP contribution in [-0.4, -0.2) is 37.0 Å². The number of halogens is 2. The van der Waals surface area contributed by atoms with E-state index in [1.807, 2.05) is 29.2 Å². The maximum Gasteiger partial charge on any atom is 0.230 e. The molecule has 1 amide bonds. The fourth-order valence-corrected chi connectivity index (χ4v) is 3.64. The highest BCUT2D eigenvalue weighted by atomic mass is 35.5. The smallest absolute Gasteiger partial charge is 0.230 e. The summed E-state index contributed by atoms with van der Waals surface area (Å²) >= 11 is 5.98. The van der Waals surface area contributed by atoms with Gasteiger partial charge in [0.25, 0.3) is 0 Å². The van der Waals surface area contributed by atoms with Crippen LogP contribution in [-0.2, 0) is 4.79 Å². The molecule has 0 unspecified atom stereocenters. The van der Waals surface area contributed by atoms with Gasteiger partial charge in [-0.3, -0.25) is 4.79 Å².